The highest BCUT2D eigenvalue weighted by atomic mass is 16.2. The van der Waals surface area contributed by atoms with E-state index in [9.17, 15) is 4.79 Å². The third-order valence-electron chi connectivity index (χ3n) is 3.23. The van der Waals surface area contributed by atoms with E-state index in [-0.39, 0.29) is 5.91 Å². The van der Waals surface area contributed by atoms with Gasteiger partial charge >= 0.3 is 0 Å². The highest BCUT2D eigenvalue weighted by Gasteiger charge is 2.16. The number of rotatable bonds is 4. The summed E-state index contributed by atoms with van der Waals surface area (Å²) in [6.07, 6.45) is 2.64. The van der Waals surface area contributed by atoms with Crippen molar-refractivity contribution >= 4 is 17.6 Å². The van der Waals surface area contributed by atoms with E-state index < -0.39 is 0 Å². The summed E-state index contributed by atoms with van der Waals surface area (Å²) in [4.78, 5) is 18.0. The van der Waals surface area contributed by atoms with Gasteiger partial charge in [0.2, 0.25) is 11.9 Å². The molecule has 6 heteroatoms. The number of carbonyl (C=O) groups excluding carboxylic acids is 1. The second kappa shape index (κ2) is 7.49. The average molecular weight is 275 g/mol. The lowest BCUT2D eigenvalue weighted by molar-refractivity contribution is -0.129. The van der Waals surface area contributed by atoms with Gasteiger partial charge in [0.05, 0.1) is 6.54 Å². The van der Waals surface area contributed by atoms with Crippen LogP contribution in [0.3, 0.4) is 0 Å². The van der Waals surface area contributed by atoms with Crippen LogP contribution in [0.4, 0.5) is 5.69 Å². The van der Waals surface area contributed by atoms with Gasteiger partial charge in [-0.05, 0) is 25.0 Å². The molecule has 1 aromatic carbocycles. The number of amides is 1. The van der Waals surface area contributed by atoms with Crippen molar-refractivity contribution in [3.63, 3.8) is 0 Å². The number of nitrogens with two attached hydrogens (primary N) is 1. The second-order valence-corrected chi connectivity index (χ2v) is 4.70. The normalized spacial score (nSPS) is 15.2. The Morgan fingerprint density at radius 2 is 1.95 bits per heavy atom. The van der Waals surface area contributed by atoms with E-state index in [0.717, 1.165) is 31.6 Å². The van der Waals surface area contributed by atoms with Crippen molar-refractivity contribution in [2.45, 2.75) is 19.3 Å². The smallest absolute Gasteiger partial charge is 0.224 e. The van der Waals surface area contributed by atoms with E-state index in [1.54, 1.807) is 0 Å². The molecular formula is C14H21N5O. The zero-order chi connectivity index (χ0) is 14.2. The third kappa shape index (κ3) is 4.24. The number of hydrogen-bond acceptors (Lipinski definition) is 3. The van der Waals surface area contributed by atoms with Gasteiger partial charge in [-0.3, -0.25) is 15.2 Å². The minimum atomic E-state index is 0.169. The fourth-order valence-corrected chi connectivity index (χ4v) is 2.17. The molecule has 0 unspecified atom stereocenters. The zero-order valence-corrected chi connectivity index (χ0v) is 11.5. The molecule has 1 heterocycles. The average Bonchev–Trinajstić information content (AvgIpc) is 3.01. The van der Waals surface area contributed by atoms with E-state index in [2.05, 4.69) is 15.7 Å². The lowest BCUT2D eigenvalue weighted by Gasteiger charge is -2.14. The first-order valence-corrected chi connectivity index (χ1v) is 6.90. The Bertz CT molecular complexity index is 454. The second-order valence-electron chi connectivity index (χ2n) is 4.70. The summed E-state index contributed by atoms with van der Waals surface area (Å²) < 4.78 is 0. The van der Waals surface area contributed by atoms with Crippen molar-refractivity contribution in [2.75, 3.05) is 25.0 Å². The number of para-hydroxylation sites is 1. The molecule has 6 nitrogen and oxygen atoms in total. The first-order valence-electron chi connectivity index (χ1n) is 6.90. The molecule has 0 spiro atoms. The molecule has 0 aromatic heterocycles. The number of anilines is 1. The molecule has 1 aliphatic rings. The molecule has 1 amide bonds. The monoisotopic (exact) mass is 275 g/mol. The molecule has 0 atom stereocenters. The van der Waals surface area contributed by atoms with Gasteiger partial charge in [0.25, 0.3) is 0 Å². The van der Waals surface area contributed by atoms with Crippen LogP contribution >= 0.6 is 0 Å². The van der Waals surface area contributed by atoms with Crippen LogP contribution in [0.1, 0.15) is 19.3 Å². The van der Waals surface area contributed by atoms with Crippen LogP contribution < -0.4 is 16.6 Å². The van der Waals surface area contributed by atoms with Crippen molar-refractivity contribution in [3.05, 3.63) is 30.3 Å². The molecule has 20 heavy (non-hydrogen) atoms. The first kappa shape index (κ1) is 14.3. The predicted octanol–water partition coefficient (Wildman–Crippen LogP) is 0.930. The number of guanidine groups is 1. The van der Waals surface area contributed by atoms with Gasteiger partial charge in [-0.25, -0.2) is 5.84 Å². The fraction of sp³-hybridized carbons (Fsp3) is 0.429. The van der Waals surface area contributed by atoms with Gasteiger partial charge in [-0.15, -0.1) is 0 Å². The predicted molar refractivity (Wildman–Crippen MR) is 80.1 cm³/mol. The van der Waals surface area contributed by atoms with Crippen LogP contribution in [0, 0.1) is 0 Å². The van der Waals surface area contributed by atoms with Crippen molar-refractivity contribution in [2.24, 2.45) is 10.8 Å². The SMILES string of the molecule is NNC(=NCCC(=O)N1CCCC1)Nc1ccccc1. The molecule has 1 aromatic rings. The molecule has 1 fully saturated rings. The molecule has 2 rings (SSSR count). The molecule has 1 saturated heterocycles. The van der Waals surface area contributed by atoms with Gasteiger partial charge in [0.1, 0.15) is 0 Å². The van der Waals surface area contributed by atoms with Crippen molar-refractivity contribution in [1.29, 1.82) is 0 Å². The molecular weight excluding hydrogens is 254 g/mol. The van der Waals surface area contributed by atoms with E-state index >= 15 is 0 Å². The highest BCUT2D eigenvalue weighted by Crippen LogP contribution is 2.09. The van der Waals surface area contributed by atoms with Crippen LogP contribution in [0.2, 0.25) is 0 Å². The minimum absolute atomic E-state index is 0.169. The standard InChI is InChI=1S/C14H21N5O/c15-18-14(17-12-6-2-1-3-7-12)16-9-8-13(20)19-10-4-5-11-19/h1-3,6-7H,4-5,8-11,15H2,(H2,16,17,18). The quantitative estimate of drug-likeness (QED) is 0.330. The fourth-order valence-electron chi connectivity index (χ4n) is 2.17. The van der Waals surface area contributed by atoms with Crippen molar-refractivity contribution in [3.8, 4) is 0 Å². The Hall–Kier alpha value is -2.08. The van der Waals surface area contributed by atoms with Gasteiger partial charge in [-0.2, -0.15) is 0 Å². The Morgan fingerprint density at radius 1 is 1.25 bits per heavy atom. The molecule has 108 valence electrons. The number of hydrogen-bond donors (Lipinski definition) is 3. The number of nitrogens with one attached hydrogen (secondary N) is 2. The number of nitrogens with zero attached hydrogens (tertiary/aromatic N) is 2. The zero-order valence-electron chi connectivity index (χ0n) is 11.5. The van der Waals surface area contributed by atoms with E-state index in [4.69, 9.17) is 5.84 Å². The summed E-state index contributed by atoms with van der Waals surface area (Å²) in [5, 5.41) is 3.06. The van der Waals surface area contributed by atoms with Gasteiger partial charge < -0.3 is 10.2 Å². The van der Waals surface area contributed by atoms with E-state index in [1.165, 1.54) is 0 Å². The molecule has 1 aliphatic heterocycles. The lowest BCUT2D eigenvalue weighted by Crippen LogP contribution is -2.36. The van der Waals surface area contributed by atoms with E-state index in [0.29, 0.717) is 18.9 Å². The van der Waals surface area contributed by atoms with Crippen LogP contribution in [0.5, 0.6) is 0 Å². The molecule has 0 saturated carbocycles. The molecule has 0 aliphatic carbocycles. The van der Waals surface area contributed by atoms with Gasteiger partial charge in [-0.1, -0.05) is 18.2 Å². The summed E-state index contributed by atoms with van der Waals surface area (Å²) >= 11 is 0. The number of likely N-dealkylation sites (tertiary alicyclic amines) is 1. The Balaban J connectivity index is 1.80. The van der Waals surface area contributed by atoms with Crippen LogP contribution in [0.15, 0.2) is 35.3 Å². The molecule has 0 bridgehead atoms. The summed E-state index contributed by atoms with van der Waals surface area (Å²) in [5.74, 6) is 6.05. The topological polar surface area (TPSA) is 82.7 Å². The summed E-state index contributed by atoms with van der Waals surface area (Å²) in [5.41, 5.74) is 3.41. The van der Waals surface area contributed by atoms with Crippen LogP contribution in [-0.4, -0.2) is 36.4 Å². The van der Waals surface area contributed by atoms with Gasteiger partial charge in [0, 0.05) is 25.2 Å². The number of carbonyl (C=O) groups is 1. The lowest BCUT2D eigenvalue weighted by atomic mass is 10.3. The van der Waals surface area contributed by atoms with Crippen molar-refractivity contribution < 1.29 is 4.79 Å². The Labute approximate surface area is 119 Å². The molecule has 0 radical (unpaired) electrons. The van der Waals surface area contributed by atoms with E-state index in [1.807, 2.05) is 35.2 Å². The number of hydrazine groups is 1. The maximum Gasteiger partial charge on any atom is 0.224 e. The van der Waals surface area contributed by atoms with Crippen LogP contribution in [-0.2, 0) is 4.79 Å². The highest BCUT2D eigenvalue weighted by molar-refractivity contribution is 5.93. The summed E-state index contributed by atoms with van der Waals surface area (Å²) in [6.45, 7) is 2.19. The largest absolute Gasteiger partial charge is 0.343 e. The van der Waals surface area contributed by atoms with Crippen molar-refractivity contribution in [1.82, 2.24) is 10.3 Å². The number of aliphatic imine (C=N–C) groups is 1. The minimum Gasteiger partial charge on any atom is -0.343 e. The van der Waals surface area contributed by atoms with Gasteiger partial charge in [0.15, 0.2) is 0 Å². The maximum absolute atomic E-state index is 11.9. The summed E-state index contributed by atoms with van der Waals surface area (Å²) in [7, 11) is 0. The third-order valence-corrected chi connectivity index (χ3v) is 3.23. The Morgan fingerprint density at radius 3 is 2.60 bits per heavy atom. The number of benzene rings is 1. The Kier molecular flexibility index (Phi) is 5.37. The van der Waals surface area contributed by atoms with Crippen LogP contribution in [0.25, 0.3) is 0 Å². The summed E-state index contributed by atoms with van der Waals surface area (Å²) in [6, 6.07) is 9.62. The maximum atomic E-state index is 11.9. The first-order chi connectivity index (χ1) is 9.79. The molecule has 4 N–H and O–H groups in total.